The maximum absolute atomic E-state index is 2.62. The molecule has 0 saturated carbocycles. The van der Waals surface area contributed by atoms with Gasteiger partial charge in [-0.15, -0.1) is 0 Å². The van der Waals surface area contributed by atoms with Gasteiger partial charge in [-0.2, -0.15) is 0 Å². The predicted octanol–water partition coefficient (Wildman–Crippen LogP) is 1.92. The van der Waals surface area contributed by atoms with E-state index in [-0.39, 0.29) is 0 Å². The van der Waals surface area contributed by atoms with Gasteiger partial charge in [-0.3, -0.25) is 0 Å². The second-order valence-electron chi connectivity index (χ2n) is 4.97. The lowest BCUT2D eigenvalue weighted by Crippen LogP contribution is -2.46. The monoisotopic (exact) mass is 198 g/mol. The molecule has 0 amide bonds. The van der Waals surface area contributed by atoms with Crippen LogP contribution in [0, 0.1) is 11.8 Å². The van der Waals surface area contributed by atoms with E-state index in [4.69, 9.17) is 0 Å². The summed E-state index contributed by atoms with van der Waals surface area (Å²) in [6.45, 7) is 13.4. The average Bonchev–Trinajstić information content (AvgIpc) is 2.20. The molecule has 1 heterocycles. The molecule has 0 aromatic heterocycles. The maximum atomic E-state index is 2.62. The van der Waals surface area contributed by atoms with E-state index in [2.05, 4.69) is 37.6 Å². The minimum absolute atomic E-state index is 0.850. The molecule has 0 bridgehead atoms. The number of nitrogens with zero attached hydrogens (tertiary/aromatic N) is 2. The topological polar surface area (TPSA) is 6.48 Å². The Morgan fingerprint density at radius 2 is 1.57 bits per heavy atom. The SMILES string of the molecule is CCC(C)C(C)CN1CCN(C)CC1. The lowest BCUT2D eigenvalue weighted by Gasteiger charge is -2.35. The molecule has 2 atom stereocenters. The van der Waals surface area contributed by atoms with Crippen LogP contribution in [0.4, 0.5) is 0 Å². The van der Waals surface area contributed by atoms with Crippen LogP contribution in [0.3, 0.4) is 0 Å². The zero-order chi connectivity index (χ0) is 10.6. The third kappa shape index (κ3) is 3.58. The molecule has 1 fully saturated rings. The largest absolute Gasteiger partial charge is 0.304 e. The van der Waals surface area contributed by atoms with Gasteiger partial charge >= 0.3 is 0 Å². The molecule has 2 nitrogen and oxygen atoms in total. The lowest BCUT2D eigenvalue weighted by molar-refractivity contribution is 0.126. The summed E-state index contributed by atoms with van der Waals surface area (Å²) in [5, 5.41) is 0. The van der Waals surface area contributed by atoms with Crippen molar-refractivity contribution in [2.75, 3.05) is 39.8 Å². The zero-order valence-corrected chi connectivity index (χ0v) is 10.3. The van der Waals surface area contributed by atoms with E-state index in [9.17, 15) is 0 Å². The van der Waals surface area contributed by atoms with E-state index in [0.29, 0.717) is 0 Å². The van der Waals surface area contributed by atoms with Crippen molar-refractivity contribution in [1.82, 2.24) is 9.80 Å². The number of piperazine rings is 1. The van der Waals surface area contributed by atoms with Gasteiger partial charge in [-0.1, -0.05) is 27.2 Å². The summed E-state index contributed by atoms with van der Waals surface area (Å²) in [6, 6.07) is 0. The summed E-state index contributed by atoms with van der Waals surface area (Å²) < 4.78 is 0. The highest BCUT2D eigenvalue weighted by molar-refractivity contribution is 4.72. The number of rotatable bonds is 4. The highest BCUT2D eigenvalue weighted by atomic mass is 15.2. The van der Waals surface area contributed by atoms with Crippen LogP contribution < -0.4 is 0 Å². The fourth-order valence-electron chi connectivity index (χ4n) is 2.02. The molecule has 0 spiro atoms. The molecule has 0 aliphatic carbocycles. The first-order chi connectivity index (χ1) is 6.63. The second kappa shape index (κ2) is 5.72. The van der Waals surface area contributed by atoms with Crippen LogP contribution >= 0.6 is 0 Å². The molecule has 14 heavy (non-hydrogen) atoms. The van der Waals surface area contributed by atoms with Crippen LogP contribution in [0.2, 0.25) is 0 Å². The van der Waals surface area contributed by atoms with E-state index < -0.39 is 0 Å². The smallest absolute Gasteiger partial charge is 0.0110 e. The zero-order valence-electron chi connectivity index (χ0n) is 10.3. The molecule has 1 rings (SSSR count). The van der Waals surface area contributed by atoms with Crippen molar-refractivity contribution in [2.45, 2.75) is 27.2 Å². The first-order valence-corrected chi connectivity index (χ1v) is 6.04. The van der Waals surface area contributed by atoms with Crippen LogP contribution in [0.1, 0.15) is 27.2 Å². The Hall–Kier alpha value is -0.0800. The second-order valence-corrected chi connectivity index (χ2v) is 4.97. The van der Waals surface area contributed by atoms with E-state index in [1.807, 2.05) is 0 Å². The van der Waals surface area contributed by atoms with E-state index in [1.54, 1.807) is 0 Å². The predicted molar refractivity (Wildman–Crippen MR) is 62.6 cm³/mol. The molecule has 0 radical (unpaired) electrons. The number of hydrogen-bond donors (Lipinski definition) is 0. The van der Waals surface area contributed by atoms with Gasteiger partial charge in [0, 0.05) is 32.7 Å². The Kier molecular flexibility index (Phi) is 4.90. The summed E-state index contributed by atoms with van der Waals surface area (Å²) in [5.74, 6) is 1.72. The van der Waals surface area contributed by atoms with E-state index in [1.165, 1.54) is 39.1 Å². The van der Waals surface area contributed by atoms with Crippen LogP contribution in [0.15, 0.2) is 0 Å². The van der Waals surface area contributed by atoms with Gasteiger partial charge in [0.2, 0.25) is 0 Å². The third-order valence-corrected chi connectivity index (χ3v) is 3.76. The van der Waals surface area contributed by atoms with Gasteiger partial charge in [0.15, 0.2) is 0 Å². The Morgan fingerprint density at radius 3 is 2.07 bits per heavy atom. The standard InChI is InChI=1S/C12H26N2/c1-5-11(2)12(3)10-14-8-6-13(4)7-9-14/h11-12H,5-10H2,1-4H3. The molecular formula is C12H26N2. The highest BCUT2D eigenvalue weighted by Crippen LogP contribution is 2.16. The highest BCUT2D eigenvalue weighted by Gasteiger charge is 2.18. The normalized spacial score (nSPS) is 24.9. The first kappa shape index (κ1) is 12.0. The molecule has 84 valence electrons. The Bertz CT molecular complexity index is 150. The van der Waals surface area contributed by atoms with Crippen molar-refractivity contribution in [3.05, 3.63) is 0 Å². The average molecular weight is 198 g/mol. The number of hydrogen-bond acceptors (Lipinski definition) is 2. The molecule has 2 unspecified atom stereocenters. The molecule has 1 aliphatic rings. The van der Waals surface area contributed by atoms with Gasteiger partial charge in [0.05, 0.1) is 0 Å². The van der Waals surface area contributed by atoms with Crippen molar-refractivity contribution in [3.8, 4) is 0 Å². The van der Waals surface area contributed by atoms with Gasteiger partial charge < -0.3 is 9.80 Å². The minimum Gasteiger partial charge on any atom is -0.304 e. The van der Waals surface area contributed by atoms with Crippen molar-refractivity contribution in [3.63, 3.8) is 0 Å². The Morgan fingerprint density at radius 1 is 1.00 bits per heavy atom. The van der Waals surface area contributed by atoms with Crippen molar-refractivity contribution < 1.29 is 0 Å². The fourth-order valence-corrected chi connectivity index (χ4v) is 2.02. The summed E-state index contributed by atoms with van der Waals surface area (Å²) in [7, 11) is 2.22. The van der Waals surface area contributed by atoms with Crippen LogP contribution in [0.25, 0.3) is 0 Å². The van der Waals surface area contributed by atoms with Crippen LogP contribution in [-0.4, -0.2) is 49.6 Å². The van der Waals surface area contributed by atoms with Gasteiger partial charge in [-0.05, 0) is 18.9 Å². The quantitative estimate of drug-likeness (QED) is 0.681. The molecule has 1 aliphatic heterocycles. The summed E-state index contributed by atoms with van der Waals surface area (Å²) in [4.78, 5) is 5.04. The van der Waals surface area contributed by atoms with E-state index >= 15 is 0 Å². The summed E-state index contributed by atoms with van der Waals surface area (Å²) >= 11 is 0. The molecular weight excluding hydrogens is 172 g/mol. The molecule has 0 aromatic rings. The Balaban J connectivity index is 2.23. The molecule has 1 saturated heterocycles. The molecule has 2 heteroatoms. The van der Waals surface area contributed by atoms with Gasteiger partial charge in [-0.25, -0.2) is 0 Å². The van der Waals surface area contributed by atoms with Gasteiger partial charge in [0.25, 0.3) is 0 Å². The lowest BCUT2D eigenvalue weighted by atomic mass is 9.93. The third-order valence-electron chi connectivity index (χ3n) is 3.76. The van der Waals surface area contributed by atoms with E-state index in [0.717, 1.165) is 11.8 Å². The minimum atomic E-state index is 0.850. The molecule has 0 aromatic carbocycles. The van der Waals surface area contributed by atoms with Crippen LogP contribution in [0.5, 0.6) is 0 Å². The fraction of sp³-hybridized carbons (Fsp3) is 1.00. The summed E-state index contributed by atoms with van der Waals surface area (Å²) in [5.41, 5.74) is 0. The van der Waals surface area contributed by atoms with Crippen LogP contribution in [-0.2, 0) is 0 Å². The van der Waals surface area contributed by atoms with Crippen molar-refractivity contribution >= 4 is 0 Å². The van der Waals surface area contributed by atoms with Gasteiger partial charge in [0.1, 0.15) is 0 Å². The number of likely N-dealkylation sites (N-methyl/N-ethyl adjacent to an activating group) is 1. The molecule has 0 N–H and O–H groups in total. The first-order valence-electron chi connectivity index (χ1n) is 6.04. The van der Waals surface area contributed by atoms with Crippen molar-refractivity contribution in [1.29, 1.82) is 0 Å². The Labute approximate surface area is 89.3 Å². The maximum Gasteiger partial charge on any atom is 0.0110 e. The summed E-state index contributed by atoms with van der Waals surface area (Å²) in [6.07, 6.45) is 1.31. The van der Waals surface area contributed by atoms with Crippen molar-refractivity contribution in [2.24, 2.45) is 11.8 Å².